The Bertz CT molecular complexity index is 317. The molecule has 0 aliphatic carbocycles. The van der Waals surface area contributed by atoms with Crippen LogP contribution < -0.4 is 5.32 Å². The van der Waals surface area contributed by atoms with Crippen LogP contribution in [-0.2, 0) is 4.79 Å². The molecule has 3 atom stereocenters. The third-order valence-electron chi connectivity index (χ3n) is 3.76. The largest absolute Gasteiger partial charge is 0.480 e. The molecular weight excluding hydrogens is 232 g/mol. The average Bonchev–Trinajstić information content (AvgIpc) is 2.28. The minimum atomic E-state index is -0.908. The molecule has 0 spiro atoms. The van der Waals surface area contributed by atoms with Crippen molar-refractivity contribution in [3.8, 4) is 0 Å². The standard InChI is InChI=1S/C13H24N2O3/c1-8(2)10(4)14-13(18)15-6-5-9(3)7-11(15)12(16)17/h8-11H,5-7H2,1-4H3,(H,14,18)(H,16,17). The number of carboxylic acids is 1. The summed E-state index contributed by atoms with van der Waals surface area (Å²) in [5.74, 6) is -0.215. The summed E-state index contributed by atoms with van der Waals surface area (Å²) in [6.07, 6.45) is 1.41. The van der Waals surface area contributed by atoms with Crippen molar-refractivity contribution < 1.29 is 14.7 Å². The molecule has 2 amide bonds. The predicted molar refractivity (Wildman–Crippen MR) is 69.4 cm³/mol. The van der Waals surface area contributed by atoms with Gasteiger partial charge in [-0.2, -0.15) is 0 Å². The molecule has 3 unspecified atom stereocenters. The SMILES string of the molecule is CC1CCN(C(=O)NC(C)C(C)C)C(C(=O)O)C1. The maximum Gasteiger partial charge on any atom is 0.326 e. The maximum absolute atomic E-state index is 12.1. The van der Waals surface area contributed by atoms with Crippen molar-refractivity contribution in [1.29, 1.82) is 0 Å². The van der Waals surface area contributed by atoms with E-state index in [0.717, 1.165) is 6.42 Å². The summed E-state index contributed by atoms with van der Waals surface area (Å²) in [6, 6.07) is -0.894. The molecule has 0 aromatic heterocycles. The van der Waals surface area contributed by atoms with E-state index in [2.05, 4.69) is 5.32 Å². The van der Waals surface area contributed by atoms with Gasteiger partial charge in [0.25, 0.3) is 0 Å². The Morgan fingerprint density at radius 2 is 1.94 bits per heavy atom. The van der Waals surface area contributed by atoms with Crippen LogP contribution in [0, 0.1) is 11.8 Å². The van der Waals surface area contributed by atoms with Crippen molar-refractivity contribution in [2.75, 3.05) is 6.54 Å². The number of hydrogen-bond acceptors (Lipinski definition) is 2. The first kappa shape index (κ1) is 14.8. The maximum atomic E-state index is 12.1. The Balaban J connectivity index is 2.67. The first-order valence-corrected chi connectivity index (χ1v) is 6.62. The molecule has 1 saturated heterocycles. The Hall–Kier alpha value is -1.26. The van der Waals surface area contributed by atoms with Gasteiger partial charge in [0.05, 0.1) is 0 Å². The topological polar surface area (TPSA) is 69.6 Å². The van der Waals surface area contributed by atoms with E-state index in [9.17, 15) is 14.7 Å². The van der Waals surface area contributed by atoms with E-state index in [0.29, 0.717) is 24.8 Å². The quantitative estimate of drug-likeness (QED) is 0.810. The van der Waals surface area contributed by atoms with Crippen LogP contribution in [0.3, 0.4) is 0 Å². The molecular formula is C13H24N2O3. The second-order valence-corrected chi connectivity index (χ2v) is 5.66. The number of amides is 2. The zero-order valence-electron chi connectivity index (χ0n) is 11.6. The molecule has 1 aliphatic heterocycles. The van der Waals surface area contributed by atoms with Crippen molar-refractivity contribution in [2.45, 2.75) is 52.6 Å². The Kier molecular flexibility index (Phi) is 4.99. The predicted octanol–water partition coefficient (Wildman–Crippen LogP) is 1.93. The molecule has 1 fully saturated rings. The second kappa shape index (κ2) is 6.07. The van der Waals surface area contributed by atoms with E-state index in [1.165, 1.54) is 4.90 Å². The number of rotatable bonds is 3. The monoisotopic (exact) mass is 256 g/mol. The van der Waals surface area contributed by atoms with E-state index >= 15 is 0 Å². The zero-order valence-corrected chi connectivity index (χ0v) is 11.6. The van der Waals surface area contributed by atoms with E-state index < -0.39 is 12.0 Å². The van der Waals surface area contributed by atoms with E-state index in [4.69, 9.17) is 0 Å². The number of urea groups is 1. The Morgan fingerprint density at radius 1 is 1.33 bits per heavy atom. The summed E-state index contributed by atoms with van der Waals surface area (Å²) >= 11 is 0. The molecule has 104 valence electrons. The molecule has 1 rings (SSSR count). The number of piperidine rings is 1. The van der Waals surface area contributed by atoms with Crippen LogP contribution in [0.25, 0.3) is 0 Å². The second-order valence-electron chi connectivity index (χ2n) is 5.66. The van der Waals surface area contributed by atoms with Gasteiger partial charge in [0.15, 0.2) is 0 Å². The Labute approximate surface area is 109 Å². The third kappa shape index (κ3) is 3.62. The highest BCUT2D eigenvalue weighted by molar-refractivity contribution is 5.83. The van der Waals surface area contributed by atoms with Gasteiger partial charge in [0.2, 0.25) is 0 Å². The lowest BCUT2D eigenvalue weighted by atomic mass is 9.92. The van der Waals surface area contributed by atoms with Crippen LogP contribution in [0.15, 0.2) is 0 Å². The fraction of sp³-hybridized carbons (Fsp3) is 0.846. The first-order valence-electron chi connectivity index (χ1n) is 6.62. The lowest BCUT2D eigenvalue weighted by molar-refractivity contribution is -0.143. The van der Waals surface area contributed by atoms with Crippen molar-refractivity contribution in [1.82, 2.24) is 10.2 Å². The molecule has 1 aliphatic rings. The number of carboxylic acid groups (broad SMARTS) is 1. The van der Waals surface area contributed by atoms with Crippen LogP contribution in [0.2, 0.25) is 0 Å². The summed E-state index contributed by atoms with van der Waals surface area (Å²) in [5, 5.41) is 12.1. The lowest BCUT2D eigenvalue weighted by Gasteiger charge is -2.36. The molecule has 1 heterocycles. The van der Waals surface area contributed by atoms with Gasteiger partial charge in [-0.25, -0.2) is 9.59 Å². The van der Waals surface area contributed by atoms with Gasteiger partial charge in [0, 0.05) is 12.6 Å². The number of likely N-dealkylation sites (tertiary alicyclic amines) is 1. The molecule has 5 nitrogen and oxygen atoms in total. The summed E-state index contributed by atoms with van der Waals surface area (Å²) in [7, 11) is 0. The minimum Gasteiger partial charge on any atom is -0.480 e. The summed E-state index contributed by atoms with van der Waals surface area (Å²) < 4.78 is 0. The fourth-order valence-corrected chi connectivity index (χ4v) is 2.06. The van der Waals surface area contributed by atoms with Crippen molar-refractivity contribution in [3.05, 3.63) is 0 Å². The fourth-order valence-electron chi connectivity index (χ4n) is 2.06. The molecule has 0 aromatic carbocycles. The average molecular weight is 256 g/mol. The van der Waals surface area contributed by atoms with Gasteiger partial charge in [-0.15, -0.1) is 0 Å². The van der Waals surface area contributed by atoms with Gasteiger partial charge in [-0.1, -0.05) is 20.8 Å². The highest BCUT2D eigenvalue weighted by atomic mass is 16.4. The van der Waals surface area contributed by atoms with Crippen molar-refractivity contribution >= 4 is 12.0 Å². The number of carbonyl (C=O) groups excluding carboxylic acids is 1. The van der Waals surface area contributed by atoms with Crippen LogP contribution in [0.1, 0.15) is 40.5 Å². The molecule has 5 heteroatoms. The molecule has 2 N–H and O–H groups in total. The van der Waals surface area contributed by atoms with Gasteiger partial charge >= 0.3 is 12.0 Å². The van der Waals surface area contributed by atoms with Crippen molar-refractivity contribution in [3.63, 3.8) is 0 Å². The molecule has 0 bridgehead atoms. The summed E-state index contributed by atoms with van der Waals surface area (Å²) in [5.41, 5.74) is 0. The smallest absolute Gasteiger partial charge is 0.326 e. The summed E-state index contributed by atoms with van der Waals surface area (Å²) in [4.78, 5) is 24.8. The normalized spacial score (nSPS) is 25.9. The Morgan fingerprint density at radius 3 is 2.44 bits per heavy atom. The highest BCUT2D eigenvalue weighted by Crippen LogP contribution is 2.22. The number of carbonyl (C=O) groups is 2. The highest BCUT2D eigenvalue weighted by Gasteiger charge is 2.35. The van der Waals surface area contributed by atoms with Crippen LogP contribution >= 0.6 is 0 Å². The zero-order chi connectivity index (χ0) is 13.9. The van der Waals surface area contributed by atoms with Crippen LogP contribution in [-0.4, -0.2) is 40.6 Å². The van der Waals surface area contributed by atoms with Gasteiger partial charge in [-0.3, -0.25) is 0 Å². The van der Waals surface area contributed by atoms with Gasteiger partial charge in [0.1, 0.15) is 6.04 Å². The molecule has 0 saturated carbocycles. The molecule has 0 aromatic rings. The van der Waals surface area contributed by atoms with Crippen LogP contribution in [0.4, 0.5) is 4.79 Å². The van der Waals surface area contributed by atoms with Gasteiger partial charge in [-0.05, 0) is 31.6 Å². The summed E-state index contributed by atoms with van der Waals surface area (Å²) in [6.45, 7) is 8.54. The third-order valence-corrected chi connectivity index (χ3v) is 3.76. The number of nitrogens with one attached hydrogen (secondary N) is 1. The van der Waals surface area contributed by atoms with Crippen LogP contribution in [0.5, 0.6) is 0 Å². The van der Waals surface area contributed by atoms with E-state index in [1.807, 2.05) is 27.7 Å². The first-order chi connectivity index (χ1) is 8.32. The minimum absolute atomic E-state index is 0.0475. The van der Waals surface area contributed by atoms with Gasteiger partial charge < -0.3 is 15.3 Å². The molecule has 18 heavy (non-hydrogen) atoms. The number of nitrogens with zero attached hydrogens (tertiary/aromatic N) is 1. The number of hydrogen-bond donors (Lipinski definition) is 2. The van der Waals surface area contributed by atoms with E-state index in [-0.39, 0.29) is 12.1 Å². The lowest BCUT2D eigenvalue weighted by Crippen LogP contribution is -2.55. The molecule has 0 radical (unpaired) electrons. The number of aliphatic carboxylic acids is 1. The van der Waals surface area contributed by atoms with Crippen molar-refractivity contribution in [2.24, 2.45) is 11.8 Å². The van der Waals surface area contributed by atoms with E-state index in [1.54, 1.807) is 0 Å².